The Morgan fingerprint density at radius 1 is 1.75 bits per heavy atom. The van der Waals surface area contributed by atoms with Gasteiger partial charge in [-0.3, -0.25) is 0 Å². The van der Waals surface area contributed by atoms with Crippen LogP contribution in [0.1, 0.15) is 11.6 Å². The van der Waals surface area contributed by atoms with Crippen LogP contribution in [0.4, 0.5) is 4.79 Å². The highest BCUT2D eigenvalue weighted by Gasteiger charge is 1.98. The van der Waals surface area contributed by atoms with Crippen molar-refractivity contribution < 1.29 is 13.9 Å². The predicted octanol–water partition coefficient (Wildman–Crippen LogP) is 1.77. The summed E-state index contributed by atoms with van der Waals surface area (Å²) in [6.45, 7) is 3.98. The van der Waals surface area contributed by atoms with Crippen molar-refractivity contribution in [3.05, 3.63) is 36.6 Å². The molecule has 86 valence electrons. The Kier molecular flexibility index (Phi) is 4.85. The number of rotatable bonds is 5. The zero-order chi connectivity index (χ0) is 11.8. The average Bonchev–Trinajstić information content (AvgIpc) is 2.72. The minimum atomic E-state index is -0.468. The molecule has 1 aromatic rings. The monoisotopic (exact) mass is 222 g/mol. The number of carbonyl (C=O) groups excluding carboxylic acids is 1. The number of alkyl carbamates (subject to hydrolysis) is 1. The maximum Gasteiger partial charge on any atom is 0.407 e. The van der Waals surface area contributed by atoms with Gasteiger partial charge in [-0.05, 0) is 6.08 Å². The molecule has 1 heterocycles. The molecule has 1 amide bonds. The minimum Gasteiger partial charge on any atom is -0.453 e. The molecule has 0 bridgehead atoms. The molecule has 16 heavy (non-hydrogen) atoms. The second-order valence-corrected chi connectivity index (χ2v) is 2.94. The maximum absolute atomic E-state index is 10.7. The number of hydrogen-bond donors (Lipinski definition) is 1. The molecule has 1 N–H and O–H groups in total. The molecule has 0 saturated carbocycles. The van der Waals surface area contributed by atoms with E-state index >= 15 is 0 Å². The van der Waals surface area contributed by atoms with Crippen LogP contribution in [0.2, 0.25) is 0 Å². The van der Waals surface area contributed by atoms with Crippen LogP contribution in [0.5, 0.6) is 0 Å². The summed E-state index contributed by atoms with van der Waals surface area (Å²) in [6, 6.07) is 0. The Morgan fingerprint density at radius 2 is 2.56 bits per heavy atom. The number of nitrogens with one attached hydrogen (secondary N) is 1. The summed E-state index contributed by atoms with van der Waals surface area (Å²) < 4.78 is 9.57. The number of oxazole rings is 1. The van der Waals surface area contributed by atoms with E-state index in [0.29, 0.717) is 18.9 Å². The molecule has 0 aliphatic rings. The van der Waals surface area contributed by atoms with Crippen molar-refractivity contribution in [2.45, 2.75) is 6.42 Å². The second-order valence-electron chi connectivity index (χ2n) is 2.94. The van der Waals surface area contributed by atoms with E-state index in [0.717, 1.165) is 5.69 Å². The lowest BCUT2D eigenvalue weighted by molar-refractivity contribution is 0.172. The Labute approximate surface area is 93.8 Å². The van der Waals surface area contributed by atoms with Crippen LogP contribution in [0.15, 0.2) is 29.4 Å². The van der Waals surface area contributed by atoms with Crippen LogP contribution in [0.3, 0.4) is 0 Å². The maximum atomic E-state index is 10.7. The van der Waals surface area contributed by atoms with Crippen LogP contribution >= 0.6 is 0 Å². The van der Waals surface area contributed by atoms with Gasteiger partial charge in [0.05, 0.1) is 12.8 Å². The summed E-state index contributed by atoms with van der Waals surface area (Å²) in [5.74, 6) is 0.503. The summed E-state index contributed by atoms with van der Waals surface area (Å²) in [7, 11) is 1.31. The highest BCUT2D eigenvalue weighted by atomic mass is 16.5. The molecule has 0 saturated heterocycles. The molecule has 0 aliphatic heterocycles. The summed E-state index contributed by atoms with van der Waals surface area (Å²) >= 11 is 0. The van der Waals surface area contributed by atoms with Crippen LogP contribution < -0.4 is 5.32 Å². The van der Waals surface area contributed by atoms with Crippen LogP contribution in [-0.4, -0.2) is 24.7 Å². The normalized spacial score (nSPS) is 10.3. The number of aromatic nitrogens is 1. The van der Waals surface area contributed by atoms with Gasteiger partial charge in [-0.15, -0.1) is 6.58 Å². The number of carbonyl (C=O) groups is 1. The molecule has 0 fully saturated rings. The van der Waals surface area contributed by atoms with Gasteiger partial charge in [-0.1, -0.05) is 12.2 Å². The van der Waals surface area contributed by atoms with Gasteiger partial charge < -0.3 is 14.5 Å². The summed E-state index contributed by atoms with van der Waals surface area (Å²) in [6.07, 6.45) is 6.95. The zero-order valence-electron chi connectivity index (χ0n) is 9.10. The fraction of sp³-hybridized carbons (Fsp3) is 0.273. The number of hydrogen-bond acceptors (Lipinski definition) is 4. The number of allylic oxidation sites excluding steroid dienone is 1. The Hall–Kier alpha value is -2.04. The molecule has 0 unspecified atom stereocenters. The summed E-state index contributed by atoms with van der Waals surface area (Å²) in [5, 5.41) is 2.50. The molecule has 0 spiro atoms. The van der Waals surface area contributed by atoms with Gasteiger partial charge >= 0.3 is 6.09 Å². The minimum absolute atomic E-state index is 0.367. The average molecular weight is 222 g/mol. The smallest absolute Gasteiger partial charge is 0.407 e. The molecule has 5 heteroatoms. The molecule has 1 rings (SSSR count). The van der Waals surface area contributed by atoms with Gasteiger partial charge in [0.25, 0.3) is 0 Å². The molecular formula is C11H14N2O3. The molecule has 5 nitrogen and oxygen atoms in total. The first-order valence-corrected chi connectivity index (χ1v) is 4.80. The molecular weight excluding hydrogens is 208 g/mol. The highest BCUT2D eigenvalue weighted by molar-refractivity contribution is 5.67. The quantitative estimate of drug-likeness (QED) is 0.771. The fourth-order valence-corrected chi connectivity index (χ4v) is 1.01. The van der Waals surface area contributed by atoms with Crippen molar-refractivity contribution in [2.75, 3.05) is 13.7 Å². The third-order valence-electron chi connectivity index (χ3n) is 1.73. The fourth-order valence-electron chi connectivity index (χ4n) is 1.01. The molecule has 0 aromatic carbocycles. The third kappa shape index (κ3) is 4.00. The van der Waals surface area contributed by atoms with Gasteiger partial charge in [0, 0.05) is 13.0 Å². The van der Waals surface area contributed by atoms with E-state index in [9.17, 15) is 4.79 Å². The molecule has 0 atom stereocenters. The first kappa shape index (κ1) is 12.0. The van der Waals surface area contributed by atoms with Gasteiger partial charge in [-0.2, -0.15) is 0 Å². The third-order valence-corrected chi connectivity index (χ3v) is 1.73. The SMILES string of the molecule is C=CCc1coc(/C=C\CNC(=O)OC)n1. The van der Waals surface area contributed by atoms with Gasteiger partial charge in [0.1, 0.15) is 6.26 Å². The summed E-state index contributed by atoms with van der Waals surface area (Å²) in [5.41, 5.74) is 0.829. The van der Waals surface area contributed by atoms with Crippen molar-refractivity contribution in [3.8, 4) is 0 Å². The molecule has 1 aromatic heterocycles. The Bertz CT molecular complexity index is 382. The van der Waals surface area contributed by atoms with E-state index in [4.69, 9.17) is 4.42 Å². The van der Waals surface area contributed by atoms with Gasteiger partial charge in [-0.25, -0.2) is 9.78 Å². The van der Waals surface area contributed by atoms with E-state index in [1.165, 1.54) is 7.11 Å². The van der Waals surface area contributed by atoms with Crippen molar-refractivity contribution in [2.24, 2.45) is 0 Å². The van der Waals surface area contributed by atoms with Crippen LogP contribution in [0.25, 0.3) is 6.08 Å². The number of methoxy groups -OCH3 is 1. The largest absolute Gasteiger partial charge is 0.453 e. The van der Waals surface area contributed by atoms with Gasteiger partial charge in [0.15, 0.2) is 0 Å². The molecule has 0 aliphatic carbocycles. The van der Waals surface area contributed by atoms with E-state index in [1.54, 1.807) is 24.5 Å². The first-order valence-electron chi connectivity index (χ1n) is 4.80. The predicted molar refractivity (Wildman–Crippen MR) is 59.8 cm³/mol. The van der Waals surface area contributed by atoms with Crippen LogP contribution in [-0.2, 0) is 11.2 Å². The number of nitrogens with zero attached hydrogens (tertiary/aromatic N) is 1. The Balaban J connectivity index is 2.37. The van der Waals surface area contributed by atoms with Crippen molar-refractivity contribution >= 4 is 12.2 Å². The zero-order valence-corrected chi connectivity index (χ0v) is 9.10. The lowest BCUT2D eigenvalue weighted by Gasteiger charge is -1.97. The molecule has 0 radical (unpaired) electrons. The lowest BCUT2D eigenvalue weighted by atomic mass is 10.3. The standard InChI is InChI=1S/C11H14N2O3/c1-3-5-9-8-16-10(13-9)6-4-7-12-11(14)15-2/h3-4,6,8H,1,5,7H2,2H3,(H,12,14)/b6-4-. The van der Waals surface area contributed by atoms with Gasteiger partial charge in [0.2, 0.25) is 5.89 Å². The second kappa shape index (κ2) is 6.44. The van der Waals surface area contributed by atoms with E-state index in [-0.39, 0.29) is 0 Å². The van der Waals surface area contributed by atoms with Crippen molar-refractivity contribution in [3.63, 3.8) is 0 Å². The first-order chi connectivity index (χ1) is 7.76. The number of ether oxygens (including phenoxy) is 1. The topological polar surface area (TPSA) is 64.4 Å². The highest BCUT2D eigenvalue weighted by Crippen LogP contribution is 2.04. The van der Waals surface area contributed by atoms with Crippen LogP contribution in [0, 0.1) is 0 Å². The van der Waals surface area contributed by atoms with E-state index in [1.807, 2.05) is 0 Å². The van der Waals surface area contributed by atoms with E-state index in [2.05, 4.69) is 21.6 Å². The Morgan fingerprint density at radius 3 is 3.25 bits per heavy atom. The summed E-state index contributed by atoms with van der Waals surface area (Å²) in [4.78, 5) is 14.9. The number of amides is 1. The van der Waals surface area contributed by atoms with Crippen molar-refractivity contribution in [1.29, 1.82) is 0 Å². The van der Waals surface area contributed by atoms with Crippen molar-refractivity contribution in [1.82, 2.24) is 10.3 Å². The lowest BCUT2D eigenvalue weighted by Crippen LogP contribution is -2.22. The van der Waals surface area contributed by atoms with E-state index < -0.39 is 6.09 Å².